The number of primary amides is 1. The average molecular weight is 600 g/mol. The van der Waals surface area contributed by atoms with Crippen LogP contribution < -0.4 is 16.4 Å². The Balaban J connectivity index is 0.000000608. The van der Waals surface area contributed by atoms with Gasteiger partial charge in [-0.2, -0.15) is 0 Å². The lowest BCUT2D eigenvalue weighted by Gasteiger charge is -2.31. The highest BCUT2D eigenvalue weighted by Crippen LogP contribution is 2.16. The number of nitrogens with two attached hydrogens (primary N) is 1. The van der Waals surface area contributed by atoms with Crippen LogP contribution in [0.25, 0.3) is 0 Å². The Morgan fingerprint density at radius 2 is 1.33 bits per heavy atom. The first-order chi connectivity index (χ1) is 20.5. The second kappa shape index (κ2) is 27.9. The van der Waals surface area contributed by atoms with Crippen LogP contribution in [-0.2, 0) is 31.9 Å². The topological polar surface area (TPSA) is 103 Å². The molecule has 8 heteroatoms. The normalized spacial score (nSPS) is 14.9. The van der Waals surface area contributed by atoms with Crippen LogP contribution in [0.1, 0.15) is 49.8 Å². The third-order valence-electron chi connectivity index (χ3n) is 5.95. The Hall–Kier alpha value is -3.23. The molecule has 0 saturated carbocycles. The van der Waals surface area contributed by atoms with E-state index in [0.29, 0.717) is 18.7 Å². The molecule has 0 radical (unpaired) electrons. The standard InChI is InChI=1S/C15H22ClNO.C13H12.C3H9N.C2H4O2.CH3NO/c1-2-3-14-10-17-11-15(18-14)9-6-12-4-7-13(16)8-5-12;1-3-7-12(8-4-1)11-13-9-5-2-6-10-13;1-3-4-2;1-4-2-3;2-1-3/h4-5,7-8,14-15,17H,2-3,6,9-11H2,1H3;1-10H,11H2;4H,3H2,1-2H3;2H,1H3;1H,(H2,2,3)/t14?,15-;;;;/m1..../s1. The van der Waals surface area contributed by atoms with Gasteiger partial charge in [-0.05, 0) is 68.1 Å². The second-order valence-electron chi connectivity index (χ2n) is 9.32. The number of carbonyl (C=O) groups is 2. The number of carbonyl (C=O) groups excluding carboxylic acids is 2. The molecule has 3 aromatic rings. The summed E-state index contributed by atoms with van der Waals surface area (Å²) in [6.45, 7) is 7.71. The first-order valence-electron chi connectivity index (χ1n) is 14.4. The predicted octanol–water partition coefficient (Wildman–Crippen LogP) is 5.82. The van der Waals surface area contributed by atoms with E-state index in [1.807, 2.05) is 19.2 Å². The van der Waals surface area contributed by atoms with E-state index in [1.165, 1.54) is 30.2 Å². The number of methoxy groups -OCH3 is 1. The minimum atomic E-state index is 0.250. The quantitative estimate of drug-likeness (QED) is 0.268. The molecule has 42 heavy (non-hydrogen) atoms. The second-order valence-corrected chi connectivity index (χ2v) is 9.75. The van der Waals surface area contributed by atoms with Gasteiger partial charge in [0.15, 0.2) is 0 Å². The molecule has 4 rings (SSSR count). The highest BCUT2D eigenvalue weighted by atomic mass is 35.5. The SMILES string of the molecule is CCCC1CNC[C@@H](CCc2ccc(Cl)cc2)O1.CCNC.COC=O.NC=O.c1ccc(Cc2ccccc2)cc1. The van der Waals surface area contributed by atoms with Gasteiger partial charge in [0.2, 0.25) is 6.41 Å². The van der Waals surface area contributed by atoms with E-state index in [-0.39, 0.29) is 6.41 Å². The molecule has 1 aliphatic heterocycles. The number of aryl methyl sites for hydroxylation is 1. The van der Waals surface area contributed by atoms with Crippen LogP contribution in [0.5, 0.6) is 0 Å². The molecular formula is C34H50ClN3O4. The zero-order valence-corrected chi connectivity index (χ0v) is 26.4. The third kappa shape index (κ3) is 21.5. The van der Waals surface area contributed by atoms with Crippen LogP contribution in [0, 0.1) is 0 Å². The third-order valence-corrected chi connectivity index (χ3v) is 6.20. The molecule has 1 unspecified atom stereocenters. The summed E-state index contributed by atoms with van der Waals surface area (Å²) in [5.74, 6) is 0. The molecule has 0 aromatic heterocycles. The lowest BCUT2D eigenvalue weighted by Crippen LogP contribution is -2.44. The number of hydrogen-bond acceptors (Lipinski definition) is 6. The number of nitrogens with one attached hydrogen (secondary N) is 2. The van der Waals surface area contributed by atoms with Crippen molar-refractivity contribution >= 4 is 24.5 Å². The van der Waals surface area contributed by atoms with Crippen LogP contribution >= 0.6 is 11.6 Å². The fourth-order valence-corrected chi connectivity index (χ4v) is 3.97. The molecular weight excluding hydrogens is 550 g/mol. The monoisotopic (exact) mass is 599 g/mol. The summed E-state index contributed by atoms with van der Waals surface area (Å²) < 4.78 is 9.94. The van der Waals surface area contributed by atoms with Crippen molar-refractivity contribution in [1.82, 2.24) is 10.6 Å². The van der Waals surface area contributed by atoms with Gasteiger partial charge in [0, 0.05) is 18.1 Å². The summed E-state index contributed by atoms with van der Waals surface area (Å²) in [7, 11) is 3.24. The molecule has 1 aliphatic rings. The summed E-state index contributed by atoms with van der Waals surface area (Å²) in [6.07, 6.45) is 6.52. The molecule has 1 saturated heterocycles. The average Bonchev–Trinajstić information content (AvgIpc) is 3.03. The molecule has 1 amide bonds. The smallest absolute Gasteiger partial charge is 0.292 e. The maximum Gasteiger partial charge on any atom is 0.292 e. The number of ether oxygens (including phenoxy) is 2. The van der Waals surface area contributed by atoms with Gasteiger partial charge in [0.25, 0.3) is 6.47 Å². The molecule has 4 N–H and O–H groups in total. The van der Waals surface area contributed by atoms with E-state index in [1.54, 1.807) is 0 Å². The van der Waals surface area contributed by atoms with E-state index in [2.05, 4.69) is 108 Å². The maximum absolute atomic E-state index is 8.95. The van der Waals surface area contributed by atoms with E-state index < -0.39 is 0 Å². The Kier molecular flexibility index (Phi) is 25.8. The Bertz CT molecular complexity index is 967. The number of halogens is 1. The molecule has 0 spiro atoms. The number of amides is 1. The summed E-state index contributed by atoms with van der Waals surface area (Å²) in [5, 5.41) is 7.20. The van der Waals surface area contributed by atoms with E-state index >= 15 is 0 Å². The Labute approximate surface area is 258 Å². The van der Waals surface area contributed by atoms with Gasteiger partial charge in [-0.1, -0.05) is 105 Å². The summed E-state index contributed by atoms with van der Waals surface area (Å²) >= 11 is 5.88. The van der Waals surface area contributed by atoms with Crippen LogP contribution in [0.3, 0.4) is 0 Å². The lowest BCUT2D eigenvalue weighted by atomic mass is 10.0. The van der Waals surface area contributed by atoms with Crippen LogP contribution in [0.4, 0.5) is 0 Å². The Morgan fingerprint density at radius 1 is 0.881 bits per heavy atom. The van der Waals surface area contributed by atoms with E-state index in [0.717, 1.165) is 50.3 Å². The van der Waals surface area contributed by atoms with Crippen molar-refractivity contribution in [2.45, 2.75) is 58.2 Å². The number of rotatable bonds is 9. The fraction of sp³-hybridized carbons (Fsp3) is 0.412. The van der Waals surface area contributed by atoms with Crippen molar-refractivity contribution in [3.63, 3.8) is 0 Å². The number of morpholine rings is 1. The van der Waals surface area contributed by atoms with Gasteiger partial charge in [-0.25, -0.2) is 0 Å². The number of benzene rings is 3. The zero-order chi connectivity index (χ0) is 31.3. The van der Waals surface area contributed by atoms with E-state index in [9.17, 15) is 0 Å². The van der Waals surface area contributed by atoms with Crippen molar-refractivity contribution in [3.8, 4) is 0 Å². The van der Waals surface area contributed by atoms with Gasteiger partial charge in [-0.15, -0.1) is 0 Å². The molecule has 3 aromatic carbocycles. The summed E-state index contributed by atoms with van der Waals surface area (Å²) in [4.78, 5) is 17.5. The molecule has 0 aliphatic carbocycles. The summed E-state index contributed by atoms with van der Waals surface area (Å²) in [5.41, 5.74) is 8.24. The van der Waals surface area contributed by atoms with Crippen molar-refractivity contribution in [2.24, 2.45) is 5.73 Å². The highest BCUT2D eigenvalue weighted by molar-refractivity contribution is 6.30. The van der Waals surface area contributed by atoms with Gasteiger partial charge in [0.1, 0.15) is 0 Å². The molecule has 232 valence electrons. The lowest BCUT2D eigenvalue weighted by molar-refractivity contribution is -0.126. The maximum atomic E-state index is 8.95. The van der Waals surface area contributed by atoms with Crippen LogP contribution in [-0.4, -0.2) is 58.9 Å². The van der Waals surface area contributed by atoms with E-state index in [4.69, 9.17) is 25.9 Å². The molecule has 1 fully saturated rings. The summed E-state index contributed by atoms with van der Waals surface area (Å²) in [6, 6.07) is 29.2. The van der Waals surface area contributed by atoms with Crippen LogP contribution in [0.15, 0.2) is 84.9 Å². The van der Waals surface area contributed by atoms with Gasteiger partial charge < -0.3 is 25.8 Å². The highest BCUT2D eigenvalue weighted by Gasteiger charge is 2.20. The van der Waals surface area contributed by atoms with Crippen molar-refractivity contribution in [2.75, 3.05) is 33.8 Å². The molecule has 7 nitrogen and oxygen atoms in total. The van der Waals surface area contributed by atoms with Crippen molar-refractivity contribution in [1.29, 1.82) is 0 Å². The predicted molar refractivity (Wildman–Crippen MR) is 175 cm³/mol. The first-order valence-corrected chi connectivity index (χ1v) is 14.8. The molecule has 2 atom stereocenters. The van der Waals surface area contributed by atoms with Gasteiger partial charge >= 0.3 is 0 Å². The largest absolute Gasteiger partial charge is 0.471 e. The minimum Gasteiger partial charge on any atom is -0.471 e. The zero-order valence-electron chi connectivity index (χ0n) is 25.6. The first kappa shape index (κ1) is 38.8. The Morgan fingerprint density at radius 3 is 1.74 bits per heavy atom. The fourth-order valence-electron chi connectivity index (χ4n) is 3.84. The minimum absolute atomic E-state index is 0.250. The molecule has 1 heterocycles. The van der Waals surface area contributed by atoms with Crippen molar-refractivity contribution in [3.05, 3.63) is 107 Å². The van der Waals surface area contributed by atoms with Gasteiger partial charge in [-0.3, -0.25) is 9.59 Å². The van der Waals surface area contributed by atoms with Gasteiger partial charge in [0.05, 0.1) is 19.3 Å². The van der Waals surface area contributed by atoms with Crippen LogP contribution in [0.2, 0.25) is 5.02 Å². The van der Waals surface area contributed by atoms with Crippen molar-refractivity contribution < 1.29 is 19.1 Å². The number of hydrogen-bond donors (Lipinski definition) is 3. The molecule has 0 bridgehead atoms.